The van der Waals surface area contributed by atoms with Gasteiger partial charge in [0.1, 0.15) is 6.33 Å². The van der Waals surface area contributed by atoms with Crippen molar-refractivity contribution in [3.63, 3.8) is 0 Å². The Hall–Kier alpha value is -1.69. The van der Waals surface area contributed by atoms with E-state index in [0.717, 1.165) is 30.9 Å². The molecule has 6 nitrogen and oxygen atoms in total. The third-order valence-corrected chi connectivity index (χ3v) is 5.15. The van der Waals surface area contributed by atoms with E-state index in [4.69, 9.17) is 5.10 Å². The number of aromatic nitrogens is 4. The molecular formula is C17H26N6. The predicted molar refractivity (Wildman–Crippen MR) is 90.8 cm³/mol. The van der Waals surface area contributed by atoms with E-state index in [2.05, 4.69) is 20.4 Å². The fourth-order valence-corrected chi connectivity index (χ4v) is 3.90. The molecule has 6 heteroatoms. The summed E-state index contributed by atoms with van der Waals surface area (Å²) in [7, 11) is 0. The average molecular weight is 314 g/mol. The standard InChI is InChI=1S/C17H26N6/c1-2-8-15-14(7-1)16(21-23-13-19-20-17(15)23)18-9-3-4-10-22-11-5-6-12-22/h13H,1-12H2,(H,18,21). The summed E-state index contributed by atoms with van der Waals surface area (Å²) in [5, 5.41) is 16.5. The van der Waals surface area contributed by atoms with Crippen LogP contribution in [0.25, 0.3) is 5.65 Å². The average Bonchev–Trinajstić information content (AvgIpc) is 3.26. The van der Waals surface area contributed by atoms with Crippen LogP contribution >= 0.6 is 0 Å². The zero-order valence-electron chi connectivity index (χ0n) is 13.8. The predicted octanol–water partition coefficient (Wildman–Crippen LogP) is 2.29. The van der Waals surface area contributed by atoms with E-state index < -0.39 is 0 Å². The van der Waals surface area contributed by atoms with Crippen LogP contribution in [0.5, 0.6) is 0 Å². The fraction of sp³-hybridized carbons (Fsp3) is 0.706. The van der Waals surface area contributed by atoms with Gasteiger partial charge in [0.25, 0.3) is 0 Å². The second kappa shape index (κ2) is 6.83. The second-order valence-corrected chi connectivity index (χ2v) is 6.79. The van der Waals surface area contributed by atoms with Crippen LogP contribution in [-0.4, -0.2) is 50.9 Å². The molecule has 2 aromatic rings. The van der Waals surface area contributed by atoms with Crippen LogP contribution in [0, 0.1) is 0 Å². The van der Waals surface area contributed by atoms with Crippen molar-refractivity contribution in [2.45, 2.75) is 51.4 Å². The van der Waals surface area contributed by atoms with E-state index in [1.54, 1.807) is 6.33 Å². The highest BCUT2D eigenvalue weighted by molar-refractivity contribution is 5.59. The first kappa shape index (κ1) is 14.9. The minimum atomic E-state index is 0.944. The van der Waals surface area contributed by atoms with Gasteiger partial charge in [-0.2, -0.15) is 4.52 Å². The maximum absolute atomic E-state index is 4.69. The Morgan fingerprint density at radius 2 is 1.83 bits per heavy atom. The number of nitrogens with zero attached hydrogens (tertiary/aromatic N) is 5. The molecule has 1 aliphatic carbocycles. The summed E-state index contributed by atoms with van der Waals surface area (Å²) in [6.07, 6.45) is 11.7. The molecule has 4 rings (SSSR count). The third kappa shape index (κ3) is 3.17. The molecule has 1 N–H and O–H groups in total. The number of likely N-dealkylation sites (tertiary alicyclic amines) is 1. The van der Waals surface area contributed by atoms with Crippen molar-refractivity contribution in [3.8, 4) is 0 Å². The van der Waals surface area contributed by atoms with Crippen molar-refractivity contribution < 1.29 is 0 Å². The Morgan fingerprint density at radius 3 is 2.70 bits per heavy atom. The Bertz CT molecular complexity index is 658. The molecule has 0 unspecified atom stereocenters. The van der Waals surface area contributed by atoms with Crippen LogP contribution in [0.3, 0.4) is 0 Å². The summed E-state index contributed by atoms with van der Waals surface area (Å²) in [6, 6.07) is 0. The summed E-state index contributed by atoms with van der Waals surface area (Å²) in [5.41, 5.74) is 3.67. The maximum Gasteiger partial charge on any atom is 0.181 e. The topological polar surface area (TPSA) is 58.4 Å². The smallest absolute Gasteiger partial charge is 0.181 e. The number of hydrogen-bond acceptors (Lipinski definition) is 5. The van der Waals surface area contributed by atoms with E-state index in [1.807, 2.05) is 4.52 Å². The molecule has 2 aromatic heterocycles. The van der Waals surface area contributed by atoms with Gasteiger partial charge in [-0.25, -0.2) is 0 Å². The van der Waals surface area contributed by atoms with Crippen molar-refractivity contribution in [2.24, 2.45) is 0 Å². The van der Waals surface area contributed by atoms with Gasteiger partial charge in [0.05, 0.1) is 0 Å². The Kier molecular flexibility index (Phi) is 4.41. The van der Waals surface area contributed by atoms with E-state index in [9.17, 15) is 0 Å². The fourth-order valence-electron chi connectivity index (χ4n) is 3.90. The Balaban J connectivity index is 1.38. The SMILES string of the molecule is c1nnc2c3c(c(NCCCCN4CCCC4)nn12)CCCC3. The second-order valence-electron chi connectivity index (χ2n) is 6.79. The first-order valence-corrected chi connectivity index (χ1v) is 9.10. The van der Waals surface area contributed by atoms with Crippen LogP contribution in [0.15, 0.2) is 6.33 Å². The molecule has 0 atom stereocenters. The largest absolute Gasteiger partial charge is 0.368 e. The van der Waals surface area contributed by atoms with Crippen molar-refractivity contribution in [1.29, 1.82) is 0 Å². The molecule has 0 saturated carbocycles. The number of anilines is 1. The summed E-state index contributed by atoms with van der Waals surface area (Å²) < 4.78 is 1.83. The van der Waals surface area contributed by atoms with Gasteiger partial charge in [-0.3, -0.25) is 0 Å². The molecule has 1 aliphatic heterocycles. The number of aryl methyl sites for hydroxylation is 1. The quantitative estimate of drug-likeness (QED) is 0.829. The van der Waals surface area contributed by atoms with Gasteiger partial charge < -0.3 is 10.2 Å². The normalized spacial score (nSPS) is 18.4. The van der Waals surface area contributed by atoms with Crippen LogP contribution in [0.1, 0.15) is 49.7 Å². The first-order valence-electron chi connectivity index (χ1n) is 9.10. The highest BCUT2D eigenvalue weighted by Gasteiger charge is 2.19. The van der Waals surface area contributed by atoms with Gasteiger partial charge in [0.15, 0.2) is 11.5 Å². The van der Waals surface area contributed by atoms with Crippen LogP contribution < -0.4 is 5.32 Å². The lowest BCUT2D eigenvalue weighted by Gasteiger charge is -2.20. The lowest BCUT2D eigenvalue weighted by Crippen LogP contribution is -2.21. The minimum absolute atomic E-state index is 0.944. The number of unbranched alkanes of at least 4 members (excludes halogenated alkanes) is 1. The summed E-state index contributed by atoms with van der Waals surface area (Å²) in [4.78, 5) is 2.59. The molecule has 124 valence electrons. The lowest BCUT2D eigenvalue weighted by molar-refractivity contribution is 0.331. The molecule has 0 amide bonds. The molecule has 3 heterocycles. The molecule has 1 fully saturated rings. The number of nitrogens with one attached hydrogen (secondary N) is 1. The van der Waals surface area contributed by atoms with Gasteiger partial charge >= 0.3 is 0 Å². The molecule has 1 saturated heterocycles. The molecule has 23 heavy (non-hydrogen) atoms. The van der Waals surface area contributed by atoms with Gasteiger partial charge in [-0.1, -0.05) is 0 Å². The number of rotatable bonds is 6. The highest BCUT2D eigenvalue weighted by Crippen LogP contribution is 2.28. The molecule has 2 aliphatic rings. The molecule has 0 bridgehead atoms. The summed E-state index contributed by atoms with van der Waals surface area (Å²) in [6.45, 7) is 4.85. The van der Waals surface area contributed by atoms with Crippen molar-refractivity contribution in [3.05, 3.63) is 17.5 Å². The summed E-state index contributed by atoms with van der Waals surface area (Å²) in [5.74, 6) is 1.05. The van der Waals surface area contributed by atoms with E-state index >= 15 is 0 Å². The van der Waals surface area contributed by atoms with Crippen molar-refractivity contribution in [1.82, 2.24) is 24.7 Å². The zero-order valence-corrected chi connectivity index (χ0v) is 13.8. The zero-order chi connectivity index (χ0) is 15.5. The van der Waals surface area contributed by atoms with E-state index in [0.29, 0.717) is 0 Å². The van der Waals surface area contributed by atoms with Gasteiger partial charge in [-0.15, -0.1) is 15.3 Å². The highest BCUT2D eigenvalue weighted by atomic mass is 15.4. The van der Waals surface area contributed by atoms with Crippen LogP contribution in [0.4, 0.5) is 5.82 Å². The number of fused-ring (bicyclic) bond motifs is 3. The van der Waals surface area contributed by atoms with Gasteiger partial charge in [0.2, 0.25) is 0 Å². The van der Waals surface area contributed by atoms with Crippen LogP contribution in [0.2, 0.25) is 0 Å². The molecular weight excluding hydrogens is 288 g/mol. The first-order chi connectivity index (χ1) is 11.4. The van der Waals surface area contributed by atoms with Gasteiger partial charge in [-0.05, 0) is 71.0 Å². The molecule has 0 aromatic carbocycles. The molecule has 0 spiro atoms. The lowest BCUT2D eigenvalue weighted by atomic mass is 9.93. The van der Waals surface area contributed by atoms with Crippen molar-refractivity contribution in [2.75, 3.05) is 31.5 Å². The van der Waals surface area contributed by atoms with Gasteiger partial charge in [0, 0.05) is 17.7 Å². The Labute approximate surface area is 137 Å². The third-order valence-electron chi connectivity index (χ3n) is 5.15. The van der Waals surface area contributed by atoms with Crippen LogP contribution in [-0.2, 0) is 12.8 Å². The van der Waals surface area contributed by atoms with Crippen molar-refractivity contribution >= 4 is 11.5 Å². The monoisotopic (exact) mass is 314 g/mol. The molecule has 0 radical (unpaired) electrons. The number of hydrogen-bond donors (Lipinski definition) is 1. The van der Waals surface area contributed by atoms with E-state index in [-0.39, 0.29) is 0 Å². The van der Waals surface area contributed by atoms with E-state index in [1.165, 1.54) is 69.3 Å². The minimum Gasteiger partial charge on any atom is -0.368 e. The maximum atomic E-state index is 4.69. The Morgan fingerprint density at radius 1 is 1.00 bits per heavy atom. The summed E-state index contributed by atoms with van der Waals surface area (Å²) >= 11 is 0.